The lowest BCUT2D eigenvalue weighted by Crippen LogP contribution is -2.47. The van der Waals surface area contributed by atoms with Crippen LogP contribution in [0, 0.1) is 0 Å². The fraction of sp³-hybridized carbons (Fsp3) is 0.200. The molecule has 0 saturated heterocycles. The van der Waals surface area contributed by atoms with Crippen molar-refractivity contribution in [3.63, 3.8) is 0 Å². The zero-order valence-corrected chi connectivity index (χ0v) is 15.9. The highest BCUT2D eigenvalue weighted by atomic mass is 16.5. The lowest BCUT2D eigenvalue weighted by molar-refractivity contribution is -0.128. The summed E-state index contributed by atoms with van der Waals surface area (Å²) in [6.45, 7) is 4.04. The van der Waals surface area contributed by atoms with Crippen molar-refractivity contribution in [2.24, 2.45) is 0 Å². The standard InChI is InChI=1S/C20H20N4O5/c1-3-27-16-8-10-17(11-9-16)29-13(2)18(25)22-23-19(26)14-4-6-15(7-5-14)20-24-21-12-28-20/h4-13H,3H2,1-2H3,(H,22,25)(H,23,26)/t13-/m1/s1. The van der Waals surface area contributed by atoms with Crippen molar-refractivity contribution in [1.82, 2.24) is 21.0 Å². The van der Waals surface area contributed by atoms with Crippen LogP contribution in [0.5, 0.6) is 11.5 Å². The van der Waals surface area contributed by atoms with E-state index in [2.05, 4.69) is 21.0 Å². The second-order valence-corrected chi connectivity index (χ2v) is 5.93. The van der Waals surface area contributed by atoms with Gasteiger partial charge in [0.25, 0.3) is 11.8 Å². The highest BCUT2D eigenvalue weighted by Gasteiger charge is 2.16. The zero-order valence-electron chi connectivity index (χ0n) is 15.9. The summed E-state index contributed by atoms with van der Waals surface area (Å²) < 4.78 is 16.0. The molecule has 29 heavy (non-hydrogen) atoms. The van der Waals surface area contributed by atoms with Gasteiger partial charge in [-0.05, 0) is 62.4 Å². The van der Waals surface area contributed by atoms with Crippen molar-refractivity contribution < 1.29 is 23.5 Å². The summed E-state index contributed by atoms with van der Waals surface area (Å²) in [6.07, 6.45) is 0.412. The van der Waals surface area contributed by atoms with Crippen LogP contribution in [0.1, 0.15) is 24.2 Å². The summed E-state index contributed by atoms with van der Waals surface area (Å²) in [7, 11) is 0. The molecule has 1 atom stereocenters. The summed E-state index contributed by atoms with van der Waals surface area (Å²) in [6, 6.07) is 13.4. The van der Waals surface area contributed by atoms with Crippen LogP contribution in [0.4, 0.5) is 0 Å². The lowest BCUT2D eigenvalue weighted by atomic mass is 10.1. The van der Waals surface area contributed by atoms with Gasteiger partial charge in [0.2, 0.25) is 12.3 Å². The van der Waals surface area contributed by atoms with E-state index in [0.29, 0.717) is 35.1 Å². The largest absolute Gasteiger partial charge is 0.494 e. The second kappa shape index (κ2) is 9.36. The normalized spacial score (nSPS) is 11.4. The molecule has 3 aromatic rings. The Kier molecular flexibility index (Phi) is 6.41. The fourth-order valence-electron chi connectivity index (χ4n) is 2.39. The summed E-state index contributed by atoms with van der Waals surface area (Å²) in [5.74, 6) is 0.623. The molecule has 0 radical (unpaired) electrons. The van der Waals surface area contributed by atoms with Gasteiger partial charge in [-0.25, -0.2) is 0 Å². The Hall–Kier alpha value is -3.88. The van der Waals surface area contributed by atoms with Gasteiger partial charge in [0.1, 0.15) is 11.5 Å². The predicted molar refractivity (Wildman–Crippen MR) is 103 cm³/mol. The van der Waals surface area contributed by atoms with Crippen LogP contribution in [0.3, 0.4) is 0 Å². The number of hydrogen-bond donors (Lipinski definition) is 2. The number of nitrogens with one attached hydrogen (secondary N) is 2. The topological polar surface area (TPSA) is 116 Å². The molecule has 1 heterocycles. The molecule has 2 N–H and O–H groups in total. The van der Waals surface area contributed by atoms with Gasteiger partial charge in [-0.2, -0.15) is 0 Å². The Bertz CT molecular complexity index is 940. The number of ether oxygens (including phenoxy) is 2. The minimum atomic E-state index is -0.812. The Morgan fingerprint density at radius 1 is 1.03 bits per heavy atom. The number of amides is 2. The second-order valence-electron chi connectivity index (χ2n) is 5.93. The number of carbonyl (C=O) groups excluding carboxylic acids is 2. The number of hydrazine groups is 1. The fourth-order valence-corrected chi connectivity index (χ4v) is 2.39. The summed E-state index contributed by atoms with van der Waals surface area (Å²) in [5.41, 5.74) is 5.74. The molecule has 0 bridgehead atoms. The smallest absolute Gasteiger partial charge is 0.279 e. The lowest BCUT2D eigenvalue weighted by Gasteiger charge is -2.15. The minimum Gasteiger partial charge on any atom is -0.494 e. The first-order valence-corrected chi connectivity index (χ1v) is 8.93. The molecule has 0 spiro atoms. The van der Waals surface area contributed by atoms with Crippen LogP contribution >= 0.6 is 0 Å². The van der Waals surface area contributed by atoms with E-state index in [1.165, 1.54) is 6.39 Å². The Morgan fingerprint density at radius 3 is 2.34 bits per heavy atom. The monoisotopic (exact) mass is 396 g/mol. The van der Waals surface area contributed by atoms with E-state index in [1.807, 2.05) is 6.92 Å². The summed E-state index contributed by atoms with van der Waals surface area (Å²) in [4.78, 5) is 24.4. The van der Waals surface area contributed by atoms with E-state index >= 15 is 0 Å². The molecule has 2 amide bonds. The molecule has 0 aliphatic carbocycles. The highest BCUT2D eigenvalue weighted by Crippen LogP contribution is 2.19. The first kappa shape index (κ1) is 19.9. The Morgan fingerprint density at radius 2 is 1.72 bits per heavy atom. The van der Waals surface area contributed by atoms with Gasteiger partial charge in [0.05, 0.1) is 6.61 Å². The maximum atomic E-state index is 12.2. The third kappa shape index (κ3) is 5.32. The van der Waals surface area contributed by atoms with E-state index in [4.69, 9.17) is 13.9 Å². The molecular formula is C20H20N4O5. The van der Waals surface area contributed by atoms with Crippen LogP contribution in [0.15, 0.2) is 59.3 Å². The quantitative estimate of drug-likeness (QED) is 0.589. The third-order valence-electron chi connectivity index (χ3n) is 3.87. The molecule has 0 unspecified atom stereocenters. The molecule has 9 heteroatoms. The van der Waals surface area contributed by atoms with E-state index in [0.717, 1.165) is 0 Å². The molecule has 0 aliphatic rings. The first-order chi connectivity index (χ1) is 14.1. The van der Waals surface area contributed by atoms with Crippen molar-refractivity contribution >= 4 is 11.8 Å². The van der Waals surface area contributed by atoms with Crippen molar-refractivity contribution in [2.75, 3.05) is 6.61 Å². The number of carbonyl (C=O) groups is 2. The Balaban J connectivity index is 1.49. The molecular weight excluding hydrogens is 376 g/mol. The van der Waals surface area contributed by atoms with Crippen molar-refractivity contribution in [3.05, 3.63) is 60.5 Å². The molecule has 9 nitrogen and oxygen atoms in total. The zero-order chi connectivity index (χ0) is 20.6. The van der Waals surface area contributed by atoms with E-state index in [9.17, 15) is 9.59 Å². The van der Waals surface area contributed by atoms with E-state index < -0.39 is 17.9 Å². The SMILES string of the molecule is CCOc1ccc(O[C@H](C)C(=O)NNC(=O)c2ccc(-c3nnco3)cc2)cc1. The maximum Gasteiger partial charge on any atom is 0.279 e. The van der Waals surface area contributed by atoms with Crippen LogP contribution in [-0.4, -0.2) is 34.7 Å². The summed E-state index contributed by atoms with van der Waals surface area (Å²) in [5, 5.41) is 7.40. The van der Waals surface area contributed by atoms with Crippen LogP contribution < -0.4 is 20.3 Å². The van der Waals surface area contributed by atoms with Crippen molar-refractivity contribution in [3.8, 4) is 23.0 Å². The average molecular weight is 396 g/mol. The number of nitrogens with zero attached hydrogens (tertiary/aromatic N) is 2. The number of hydrogen-bond acceptors (Lipinski definition) is 7. The van der Waals surface area contributed by atoms with Gasteiger partial charge in [-0.15, -0.1) is 10.2 Å². The number of rotatable bonds is 7. The number of benzene rings is 2. The van der Waals surface area contributed by atoms with Crippen LogP contribution in [0.25, 0.3) is 11.5 Å². The van der Waals surface area contributed by atoms with Crippen LogP contribution in [0.2, 0.25) is 0 Å². The Labute approximate surface area is 167 Å². The van der Waals surface area contributed by atoms with E-state index in [1.54, 1.807) is 55.5 Å². The highest BCUT2D eigenvalue weighted by molar-refractivity contribution is 5.96. The molecule has 0 saturated carbocycles. The average Bonchev–Trinajstić information content (AvgIpc) is 3.28. The van der Waals surface area contributed by atoms with Gasteiger partial charge < -0.3 is 13.9 Å². The first-order valence-electron chi connectivity index (χ1n) is 8.93. The minimum absolute atomic E-state index is 0.352. The van der Waals surface area contributed by atoms with Crippen LogP contribution in [-0.2, 0) is 4.79 Å². The molecule has 0 aliphatic heterocycles. The van der Waals surface area contributed by atoms with Crippen molar-refractivity contribution in [1.29, 1.82) is 0 Å². The molecule has 0 fully saturated rings. The van der Waals surface area contributed by atoms with Gasteiger partial charge in [-0.1, -0.05) is 0 Å². The molecule has 3 rings (SSSR count). The number of aromatic nitrogens is 2. The third-order valence-corrected chi connectivity index (χ3v) is 3.87. The predicted octanol–water partition coefficient (Wildman–Crippen LogP) is 2.36. The van der Waals surface area contributed by atoms with Crippen molar-refractivity contribution in [2.45, 2.75) is 20.0 Å². The molecule has 150 valence electrons. The maximum absolute atomic E-state index is 12.2. The van der Waals surface area contributed by atoms with Gasteiger partial charge in [-0.3, -0.25) is 20.4 Å². The van der Waals surface area contributed by atoms with Gasteiger partial charge in [0, 0.05) is 11.1 Å². The van der Waals surface area contributed by atoms with E-state index in [-0.39, 0.29) is 0 Å². The van der Waals surface area contributed by atoms with Gasteiger partial charge in [0.15, 0.2) is 6.10 Å². The summed E-state index contributed by atoms with van der Waals surface area (Å²) >= 11 is 0. The molecule has 2 aromatic carbocycles. The van der Waals surface area contributed by atoms with Gasteiger partial charge >= 0.3 is 0 Å². The molecule has 1 aromatic heterocycles.